The molecule has 27 heavy (non-hydrogen) atoms. The van der Waals surface area contributed by atoms with Gasteiger partial charge in [-0.1, -0.05) is 11.2 Å². The highest BCUT2D eigenvalue weighted by atomic mass is 32.1. The first kappa shape index (κ1) is 18.1. The Morgan fingerprint density at radius 2 is 2.26 bits per heavy atom. The Hall–Kier alpha value is -2.29. The van der Waals surface area contributed by atoms with Crippen LogP contribution in [0.15, 0.2) is 40.4 Å². The van der Waals surface area contributed by atoms with Crippen molar-refractivity contribution < 1.29 is 14.0 Å². The Kier molecular flexibility index (Phi) is 5.76. The van der Waals surface area contributed by atoms with E-state index in [1.54, 1.807) is 24.6 Å². The SMILES string of the molecule is COCCOc1ncccc1-c1noc([C@H]2CCCN2Cc2cccs2)n1. The van der Waals surface area contributed by atoms with Crippen LogP contribution in [-0.2, 0) is 11.3 Å². The third kappa shape index (κ3) is 4.18. The smallest absolute Gasteiger partial charge is 0.244 e. The molecule has 1 atom stereocenters. The number of hydrogen-bond acceptors (Lipinski definition) is 8. The van der Waals surface area contributed by atoms with Crippen LogP contribution in [0.2, 0.25) is 0 Å². The summed E-state index contributed by atoms with van der Waals surface area (Å²) in [5.74, 6) is 1.66. The monoisotopic (exact) mass is 386 g/mol. The standard InChI is InChI=1S/C19H22N4O3S/c1-24-10-11-25-18-15(6-2-8-20-18)17-21-19(26-22-17)16-7-3-9-23(16)13-14-5-4-12-27-14/h2,4-6,8,12,16H,3,7,9-11,13H2,1H3/t16-/m1/s1. The molecule has 8 heteroatoms. The molecule has 142 valence electrons. The van der Waals surface area contributed by atoms with E-state index < -0.39 is 0 Å². The summed E-state index contributed by atoms with van der Waals surface area (Å²) in [6.45, 7) is 2.87. The molecular weight excluding hydrogens is 364 g/mol. The predicted octanol–water partition coefficient (Wildman–Crippen LogP) is 3.56. The summed E-state index contributed by atoms with van der Waals surface area (Å²) in [5, 5.41) is 6.30. The van der Waals surface area contributed by atoms with E-state index in [4.69, 9.17) is 14.0 Å². The molecular formula is C19H22N4O3S. The summed E-state index contributed by atoms with van der Waals surface area (Å²) in [7, 11) is 1.64. The lowest BCUT2D eigenvalue weighted by molar-refractivity contribution is 0.144. The van der Waals surface area contributed by atoms with E-state index in [2.05, 4.69) is 37.5 Å². The highest BCUT2D eigenvalue weighted by molar-refractivity contribution is 7.09. The Bertz CT molecular complexity index is 852. The maximum atomic E-state index is 5.69. The third-order valence-corrected chi connectivity index (χ3v) is 5.43. The largest absolute Gasteiger partial charge is 0.475 e. The highest BCUT2D eigenvalue weighted by Gasteiger charge is 2.31. The van der Waals surface area contributed by atoms with Gasteiger partial charge in [0.15, 0.2) is 0 Å². The normalized spacial score (nSPS) is 17.4. The van der Waals surface area contributed by atoms with Crippen molar-refractivity contribution in [2.45, 2.75) is 25.4 Å². The number of methoxy groups -OCH3 is 1. The molecule has 1 saturated heterocycles. The van der Waals surface area contributed by atoms with Crippen molar-refractivity contribution >= 4 is 11.3 Å². The molecule has 4 heterocycles. The van der Waals surface area contributed by atoms with Gasteiger partial charge < -0.3 is 14.0 Å². The number of hydrogen-bond donors (Lipinski definition) is 0. The summed E-state index contributed by atoms with van der Waals surface area (Å²) in [4.78, 5) is 12.7. The van der Waals surface area contributed by atoms with Crippen LogP contribution in [0, 0.1) is 0 Å². The fourth-order valence-corrected chi connectivity index (χ4v) is 4.00. The van der Waals surface area contributed by atoms with Crippen LogP contribution < -0.4 is 4.74 Å². The molecule has 0 saturated carbocycles. The van der Waals surface area contributed by atoms with Crippen LogP contribution in [-0.4, -0.2) is 46.9 Å². The van der Waals surface area contributed by atoms with Crippen LogP contribution in [0.4, 0.5) is 0 Å². The molecule has 1 aliphatic heterocycles. The summed E-state index contributed by atoms with van der Waals surface area (Å²) in [6.07, 6.45) is 3.84. The van der Waals surface area contributed by atoms with E-state index in [9.17, 15) is 0 Å². The lowest BCUT2D eigenvalue weighted by Gasteiger charge is -2.20. The zero-order valence-electron chi connectivity index (χ0n) is 15.2. The van der Waals surface area contributed by atoms with Crippen LogP contribution in [0.25, 0.3) is 11.4 Å². The quantitative estimate of drug-likeness (QED) is 0.548. The second kappa shape index (κ2) is 8.60. The van der Waals surface area contributed by atoms with E-state index in [1.807, 2.05) is 12.1 Å². The summed E-state index contributed by atoms with van der Waals surface area (Å²) >= 11 is 1.78. The van der Waals surface area contributed by atoms with Crippen molar-refractivity contribution in [2.24, 2.45) is 0 Å². The van der Waals surface area contributed by atoms with Gasteiger partial charge in [0.25, 0.3) is 0 Å². The Balaban J connectivity index is 1.51. The number of thiophene rings is 1. The average molecular weight is 386 g/mol. The summed E-state index contributed by atoms with van der Waals surface area (Å²) < 4.78 is 16.3. The molecule has 0 spiro atoms. The minimum atomic E-state index is 0.155. The van der Waals surface area contributed by atoms with E-state index in [0.29, 0.717) is 30.8 Å². The maximum Gasteiger partial charge on any atom is 0.244 e. The minimum absolute atomic E-state index is 0.155. The number of pyridine rings is 1. The second-order valence-electron chi connectivity index (χ2n) is 6.36. The van der Waals surface area contributed by atoms with Gasteiger partial charge in [0.2, 0.25) is 17.6 Å². The van der Waals surface area contributed by atoms with Crippen molar-refractivity contribution in [3.8, 4) is 17.3 Å². The minimum Gasteiger partial charge on any atom is -0.475 e. The van der Waals surface area contributed by atoms with Crippen LogP contribution in [0.3, 0.4) is 0 Å². The Labute approximate surface area is 161 Å². The Morgan fingerprint density at radius 1 is 1.30 bits per heavy atom. The third-order valence-electron chi connectivity index (χ3n) is 4.57. The van der Waals surface area contributed by atoms with Crippen LogP contribution >= 0.6 is 11.3 Å². The molecule has 0 N–H and O–H groups in total. The lowest BCUT2D eigenvalue weighted by atomic mass is 10.2. The number of nitrogens with zero attached hydrogens (tertiary/aromatic N) is 4. The molecule has 1 fully saturated rings. The molecule has 7 nitrogen and oxygen atoms in total. The first-order valence-electron chi connectivity index (χ1n) is 9.02. The van der Waals surface area contributed by atoms with Crippen LogP contribution in [0.1, 0.15) is 29.7 Å². The molecule has 0 radical (unpaired) electrons. The van der Waals surface area contributed by atoms with E-state index in [0.717, 1.165) is 31.5 Å². The number of likely N-dealkylation sites (tertiary alicyclic amines) is 1. The summed E-state index contributed by atoms with van der Waals surface area (Å²) in [6, 6.07) is 8.14. The van der Waals surface area contributed by atoms with E-state index >= 15 is 0 Å². The van der Waals surface area contributed by atoms with Gasteiger partial charge >= 0.3 is 0 Å². The molecule has 4 rings (SSSR count). The van der Waals surface area contributed by atoms with Crippen molar-refractivity contribution in [3.05, 3.63) is 46.6 Å². The highest BCUT2D eigenvalue weighted by Crippen LogP contribution is 2.34. The van der Waals surface area contributed by atoms with Gasteiger partial charge in [-0.3, -0.25) is 4.90 Å². The van der Waals surface area contributed by atoms with Crippen molar-refractivity contribution in [1.29, 1.82) is 0 Å². The van der Waals surface area contributed by atoms with E-state index in [1.165, 1.54) is 4.88 Å². The number of ether oxygens (including phenoxy) is 2. The number of aromatic nitrogens is 3. The van der Waals surface area contributed by atoms with Gasteiger partial charge in [0.1, 0.15) is 6.61 Å². The molecule has 0 bridgehead atoms. The average Bonchev–Trinajstić information content (AvgIpc) is 3.44. The topological polar surface area (TPSA) is 73.5 Å². The van der Waals surface area contributed by atoms with Gasteiger partial charge in [-0.2, -0.15) is 4.98 Å². The molecule has 3 aromatic heterocycles. The van der Waals surface area contributed by atoms with Crippen molar-refractivity contribution in [3.63, 3.8) is 0 Å². The molecule has 0 unspecified atom stereocenters. The van der Waals surface area contributed by atoms with Crippen molar-refractivity contribution in [2.75, 3.05) is 26.9 Å². The Morgan fingerprint density at radius 3 is 3.11 bits per heavy atom. The fourth-order valence-electron chi connectivity index (χ4n) is 3.28. The van der Waals surface area contributed by atoms with E-state index in [-0.39, 0.29) is 6.04 Å². The predicted molar refractivity (Wildman–Crippen MR) is 102 cm³/mol. The molecule has 0 amide bonds. The van der Waals surface area contributed by atoms with Gasteiger partial charge in [0, 0.05) is 24.7 Å². The summed E-state index contributed by atoms with van der Waals surface area (Å²) in [5.41, 5.74) is 0.728. The maximum absolute atomic E-state index is 5.69. The van der Waals surface area contributed by atoms with Crippen LogP contribution in [0.5, 0.6) is 5.88 Å². The second-order valence-corrected chi connectivity index (χ2v) is 7.39. The molecule has 0 aliphatic carbocycles. The van der Waals surface area contributed by atoms with Gasteiger partial charge in [0.05, 0.1) is 18.2 Å². The fraction of sp³-hybridized carbons (Fsp3) is 0.421. The van der Waals surface area contributed by atoms with Crippen molar-refractivity contribution in [1.82, 2.24) is 20.0 Å². The zero-order valence-corrected chi connectivity index (χ0v) is 16.0. The first-order valence-corrected chi connectivity index (χ1v) is 9.90. The lowest BCUT2D eigenvalue weighted by Crippen LogP contribution is -2.22. The zero-order chi connectivity index (χ0) is 18.5. The van der Waals surface area contributed by atoms with Gasteiger partial charge in [-0.15, -0.1) is 11.3 Å². The van der Waals surface area contributed by atoms with Gasteiger partial charge in [-0.05, 0) is 43.0 Å². The first-order chi connectivity index (χ1) is 13.3. The molecule has 1 aliphatic rings. The number of rotatable bonds is 8. The molecule has 0 aromatic carbocycles. The van der Waals surface area contributed by atoms with Gasteiger partial charge in [-0.25, -0.2) is 4.98 Å². The molecule has 3 aromatic rings.